The summed E-state index contributed by atoms with van der Waals surface area (Å²) in [6.07, 6.45) is 3.37. The molecule has 0 radical (unpaired) electrons. The summed E-state index contributed by atoms with van der Waals surface area (Å²) in [5.74, 6) is 0.105. The molecule has 0 spiro atoms. The van der Waals surface area contributed by atoms with E-state index < -0.39 is 12.1 Å². The van der Waals surface area contributed by atoms with Gasteiger partial charge in [0.2, 0.25) is 12.3 Å². The number of carboxylic acid groups (broad SMARTS) is 1. The van der Waals surface area contributed by atoms with E-state index >= 15 is 0 Å². The van der Waals surface area contributed by atoms with Gasteiger partial charge in [0.1, 0.15) is 17.7 Å². The summed E-state index contributed by atoms with van der Waals surface area (Å²) in [6, 6.07) is 20.4. The molecule has 0 aliphatic carbocycles. The van der Waals surface area contributed by atoms with Crippen molar-refractivity contribution in [2.45, 2.75) is 31.8 Å². The fourth-order valence-electron chi connectivity index (χ4n) is 4.11. The van der Waals surface area contributed by atoms with E-state index in [9.17, 15) is 19.5 Å². The van der Waals surface area contributed by atoms with Gasteiger partial charge in [0.25, 0.3) is 0 Å². The van der Waals surface area contributed by atoms with Gasteiger partial charge in [-0.05, 0) is 55.3 Å². The number of benzene rings is 2. The monoisotopic (exact) mass is 488 g/mol. The number of anilines is 4. The van der Waals surface area contributed by atoms with Crippen LogP contribution in [0.5, 0.6) is 5.75 Å². The largest absolute Gasteiger partial charge is 0.486 e. The highest BCUT2D eigenvalue weighted by molar-refractivity contribution is 5.92. The molecular formula is C27H28N4O5. The van der Waals surface area contributed by atoms with Crippen molar-refractivity contribution < 1.29 is 24.2 Å². The van der Waals surface area contributed by atoms with E-state index in [0.717, 1.165) is 17.8 Å². The first-order valence-electron chi connectivity index (χ1n) is 11.8. The van der Waals surface area contributed by atoms with Crippen molar-refractivity contribution in [3.05, 3.63) is 72.9 Å². The zero-order valence-corrected chi connectivity index (χ0v) is 19.7. The summed E-state index contributed by atoms with van der Waals surface area (Å²) >= 11 is 0. The van der Waals surface area contributed by atoms with Gasteiger partial charge in [-0.1, -0.05) is 24.3 Å². The number of nitrogens with one attached hydrogen (secondary N) is 1. The predicted octanol–water partition coefficient (Wildman–Crippen LogP) is 4.23. The number of carboxylic acids is 1. The van der Waals surface area contributed by atoms with Crippen molar-refractivity contribution in [2.24, 2.45) is 0 Å². The van der Waals surface area contributed by atoms with Crippen molar-refractivity contribution >= 4 is 41.2 Å². The van der Waals surface area contributed by atoms with Gasteiger partial charge in [0, 0.05) is 30.5 Å². The first-order chi connectivity index (χ1) is 17.5. The molecule has 0 saturated carbocycles. The first-order valence-corrected chi connectivity index (χ1v) is 11.8. The number of rotatable bonds is 11. The Bertz CT molecular complexity index is 1190. The minimum atomic E-state index is -0.920. The van der Waals surface area contributed by atoms with Gasteiger partial charge in [-0.2, -0.15) is 0 Å². The molecule has 2 heterocycles. The second-order valence-corrected chi connectivity index (χ2v) is 8.46. The zero-order valence-electron chi connectivity index (χ0n) is 19.7. The molecule has 9 nitrogen and oxygen atoms in total. The second kappa shape index (κ2) is 11.8. The van der Waals surface area contributed by atoms with Crippen molar-refractivity contribution in [1.29, 1.82) is 0 Å². The highest BCUT2D eigenvalue weighted by atomic mass is 16.5. The maximum atomic E-state index is 12.6. The molecule has 1 aromatic heterocycles. The fourth-order valence-corrected chi connectivity index (χ4v) is 4.11. The molecular weight excluding hydrogens is 460 g/mol. The summed E-state index contributed by atoms with van der Waals surface area (Å²) in [7, 11) is 0. The molecule has 0 bridgehead atoms. The number of hydrogen-bond donors (Lipinski definition) is 2. The quantitative estimate of drug-likeness (QED) is 0.307. The van der Waals surface area contributed by atoms with Gasteiger partial charge in [0.05, 0.1) is 18.7 Å². The average Bonchev–Trinajstić information content (AvgIpc) is 2.89. The number of aliphatic carboxylic acids is 1. The Balaban J connectivity index is 1.37. The number of unbranched alkanes of at least 4 members (excludes halogenated alkanes) is 1. The lowest BCUT2D eigenvalue weighted by Crippen LogP contribution is -2.38. The van der Waals surface area contributed by atoms with Crippen molar-refractivity contribution in [2.75, 3.05) is 28.2 Å². The highest BCUT2D eigenvalue weighted by Crippen LogP contribution is 2.40. The zero-order chi connectivity index (χ0) is 25.3. The van der Waals surface area contributed by atoms with Crippen LogP contribution in [0.1, 0.15) is 25.7 Å². The fraction of sp³-hybridized carbons (Fsp3) is 0.259. The highest BCUT2D eigenvalue weighted by Gasteiger charge is 2.28. The van der Waals surface area contributed by atoms with Crippen LogP contribution in [0.4, 0.5) is 22.9 Å². The standard InChI is InChI=1S/C27H28N4O5/c32-19-30(25-10-4-6-14-28-25)15-7-5-11-26(33)29-20-12-13-24-23(16-20)31(21-8-2-1-3-9-21)18-22(36-24)17-27(34)35/h1-4,6,8-10,12-14,16,19,22H,5,7,11,15,17-18H2,(H,29,33)(H,34,35). The number of aromatic nitrogens is 1. The van der Waals surface area contributed by atoms with Crippen molar-refractivity contribution in [1.82, 2.24) is 4.98 Å². The van der Waals surface area contributed by atoms with Crippen LogP contribution in [-0.4, -0.2) is 47.6 Å². The van der Waals surface area contributed by atoms with Gasteiger partial charge in [0.15, 0.2) is 0 Å². The number of hydrogen-bond acceptors (Lipinski definition) is 6. The van der Waals surface area contributed by atoms with Crippen LogP contribution in [0.3, 0.4) is 0 Å². The Kier molecular flexibility index (Phi) is 8.12. The summed E-state index contributed by atoms with van der Waals surface area (Å²) in [6.45, 7) is 0.859. The van der Waals surface area contributed by atoms with Crippen LogP contribution in [0, 0.1) is 0 Å². The van der Waals surface area contributed by atoms with Gasteiger partial charge in [-0.25, -0.2) is 4.98 Å². The van der Waals surface area contributed by atoms with E-state index in [0.29, 0.717) is 49.6 Å². The molecule has 0 fully saturated rings. The smallest absolute Gasteiger partial charge is 0.307 e. The molecule has 0 saturated heterocycles. The summed E-state index contributed by atoms with van der Waals surface area (Å²) in [4.78, 5) is 42.9. The lowest BCUT2D eigenvalue weighted by molar-refractivity contribution is -0.138. The number of fused-ring (bicyclic) bond motifs is 1. The third kappa shape index (κ3) is 6.38. The maximum absolute atomic E-state index is 12.6. The van der Waals surface area contributed by atoms with Crippen LogP contribution < -0.4 is 19.9 Å². The van der Waals surface area contributed by atoms with Crippen LogP contribution in [0.15, 0.2) is 72.9 Å². The van der Waals surface area contributed by atoms with Crippen LogP contribution in [0.2, 0.25) is 0 Å². The number of ether oxygens (including phenoxy) is 1. The second-order valence-electron chi connectivity index (χ2n) is 8.46. The van der Waals surface area contributed by atoms with Gasteiger partial charge < -0.3 is 20.1 Å². The van der Waals surface area contributed by atoms with E-state index in [-0.39, 0.29) is 12.3 Å². The number of carbonyl (C=O) groups is 3. The summed E-state index contributed by atoms with van der Waals surface area (Å²) in [5.41, 5.74) is 2.30. The Morgan fingerprint density at radius 2 is 1.92 bits per heavy atom. The molecule has 1 aliphatic heterocycles. The molecule has 2 amide bonds. The minimum Gasteiger partial charge on any atom is -0.486 e. The average molecular weight is 489 g/mol. The SMILES string of the molecule is O=CN(CCCCC(=O)Nc1ccc2c(c1)N(c1ccccc1)CC(CC(=O)O)O2)c1ccccn1. The third-order valence-corrected chi connectivity index (χ3v) is 5.81. The molecule has 2 aromatic carbocycles. The van der Waals surface area contributed by atoms with E-state index in [1.165, 1.54) is 4.90 Å². The van der Waals surface area contributed by atoms with Gasteiger partial charge >= 0.3 is 5.97 Å². The molecule has 1 unspecified atom stereocenters. The Labute approximate surface area is 209 Å². The van der Waals surface area contributed by atoms with Crippen molar-refractivity contribution in [3.63, 3.8) is 0 Å². The number of carbonyl (C=O) groups excluding carboxylic acids is 2. The van der Waals surface area contributed by atoms with Gasteiger partial charge in [-0.3, -0.25) is 19.3 Å². The van der Waals surface area contributed by atoms with E-state index in [2.05, 4.69) is 10.3 Å². The van der Waals surface area contributed by atoms with E-state index in [4.69, 9.17) is 4.74 Å². The molecule has 36 heavy (non-hydrogen) atoms. The molecule has 186 valence electrons. The van der Waals surface area contributed by atoms with Crippen LogP contribution in [-0.2, 0) is 14.4 Å². The molecule has 4 rings (SSSR count). The summed E-state index contributed by atoms with van der Waals surface area (Å²) < 4.78 is 5.93. The summed E-state index contributed by atoms with van der Waals surface area (Å²) in [5, 5.41) is 12.2. The Morgan fingerprint density at radius 1 is 1.11 bits per heavy atom. The lowest BCUT2D eigenvalue weighted by atomic mass is 10.1. The number of amides is 2. The molecule has 1 atom stereocenters. The predicted molar refractivity (Wildman–Crippen MR) is 137 cm³/mol. The molecule has 1 aliphatic rings. The first kappa shape index (κ1) is 24.7. The number of pyridine rings is 1. The molecule has 2 N–H and O–H groups in total. The van der Waals surface area contributed by atoms with Gasteiger partial charge in [-0.15, -0.1) is 0 Å². The Morgan fingerprint density at radius 3 is 2.64 bits per heavy atom. The molecule has 3 aromatic rings. The third-order valence-electron chi connectivity index (χ3n) is 5.81. The Hall–Kier alpha value is -4.40. The van der Waals surface area contributed by atoms with E-state index in [1.54, 1.807) is 30.5 Å². The lowest BCUT2D eigenvalue weighted by Gasteiger charge is -2.36. The topological polar surface area (TPSA) is 112 Å². The molecule has 9 heteroatoms. The van der Waals surface area contributed by atoms with Crippen LogP contribution in [0.25, 0.3) is 0 Å². The maximum Gasteiger partial charge on any atom is 0.307 e. The minimum absolute atomic E-state index is 0.108. The number of nitrogens with zero attached hydrogens (tertiary/aromatic N) is 3. The van der Waals surface area contributed by atoms with E-state index in [1.807, 2.05) is 47.4 Å². The van der Waals surface area contributed by atoms with Crippen molar-refractivity contribution in [3.8, 4) is 5.75 Å². The number of para-hydroxylation sites is 1. The van der Waals surface area contributed by atoms with Crippen LogP contribution >= 0.6 is 0 Å². The normalized spacial score (nSPS) is 14.3.